The van der Waals surface area contributed by atoms with Gasteiger partial charge in [-0.25, -0.2) is 34.9 Å². The summed E-state index contributed by atoms with van der Waals surface area (Å²) >= 11 is 0. The number of rotatable bonds is 16. The molecule has 31 heteroatoms. The summed E-state index contributed by atoms with van der Waals surface area (Å²) in [7, 11) is 0. The summed E-state index contributed by atoms with van der Waals surface area (Å²) in [5, 5.41) is 84.5. The predicted octanol–water partition coefficient (Wildman–Crippen LogP) is 12.1. The molecule has 0 aliphatic heterocycles. The number of ether oxygens (including phenoxy) is 3. The molecule has 3 radical (unpaired) electrons. The monoisotopic (exact) mass is 1610 g/mol. The van der Waals surface area contributed by atoms with Crippen molar-refractivity contribution in [1.29, 1.82) is 0 Å². The number of hydrogen-bond acceptors (Lipinski definition) is 22. The number of aromatic carboxylic acids is 1. The van der Waals surface area contributed by atoms with Gasteiger partial charge in [0.2, 0.25) is 28.7 Å². The second kappa shape index (κ2) is 46.7. The fourth-order valence-electron chi connectivity index (χ4n) is 13.6. The number of ketones is 1. The molecule has 4 unspecified atom stereocenters. The van der Waals surface area contributed by atoms with Crippen molar-refractivity contribution < 1.29 is 105 Å². The number of carbonyl (C=O) groups is 2. The van der Waals surface area contributed by atoms with Crippen LogP contribution in [0, 0.1) is 32.9 Å². The summed E-state index contributed by atoms with van der Waals surface area (Å²) in [5.74, 6) is 6.00. The van der Waals surface area contributed by atoms with Crippen molar-refractivity contribution in [3.05, 3.63) is 269 Å². The minimum Gasteiger partial charge on any atom is -1.00 e. The van der Waals surface area contributed by atoms with Crippen molar-refractivity contribution in [3.8, 4) is 62.9 Å². The molecule has 29 nitrogen and oxygen atoms in total. The van der Waals surface area contributed by atoms with Crippen LogP contribution in [0.15, 0.2) is 160 Å². The first kappa shape index (κ1) is 94.9. The molecule has 8 aromatic carbocycles. The number of benzene rings is 8. The van der Waals surface area contributed by atoms with Crippen molar-refractivity contribution >= 4 is 54.4 Å². The Kier molecular flexibility index (Phi) is 37.5. The molecule has 118 heavy (non-hydrogen) atoms. The fraction of sp³-hybridized carbons (Fsp3) is 0.310. The van der Waals surface area contributed by atoms with Crippen LogP contribution in [0.5, 0.6) is 17.2 Å². The number of nitrogens with zero attached hydrogens (tertiary/aromatic N) is 10. The summed E-state index contributed by atoms with van der Waals surface area (Å²) in [6, 6.07) is 43.3. The average molecular weight is 1610 g/mol. The number of aliphatic hydroxyl groups is 5. The molecule has 2 aromatic heterocycles. The van der Waals surface area contributed by atoms with E-state index < -0.39 is 18.2 Å². The maximum atomic E-state index is 11.2. The quantitative estimate of drug-likeness (QED) is 0.0107. The largest absolute Gasteiger partial charge is 1.00 e. The molecule has 4 atom stereocenters. The van der Waals surface area contributed by atoms with E-state index in [0.29, 0.717) is 107 Å². The number of carboxylic acids is 1. The number of Topliss-reactive ketones (excluding diaryl/α,β-unsaturated/α-hetero) is 1. The van der Waals surface area contributed by atoms with E-state index in [0.717, 1.165) is 106 Å². The van der Waals surface area contributed by atoms with E-state index in [4.69, 9.17) is 93.3 Å². The van der Waals surface area contributed by atoms with Gasteiger partial charge >= 0.3 is 35.5 Å². The number of oxime groups is 1. The van der Waals surface area contributed by atoms with Gasteiger partial charge in [-0.15, -0.1) is 0 Å². The Bertz CT molecular complexity index is 5340. The second-order valence-electron chi connectivity index (χ2n) is 27.4. The molecule has 0 amide bonds. The van der Waals surface area contributed by atoms with Gasteiger partial charge in [-0.1, -0.05) is 106 Å². The van der Waals surface area contributed by atoms with Gasteiger partial charge in [0.1, 0.15) is 17.2 Å². The number of fused-ring (bicyclic) bond motifs is 5. The van der Waals surface area contributed by atoms with E-state index in [-0.39, 0.29) is 106 Å². The Morgan fingerprint density at radius 1 is 0.534 bits per heavy atom. The Labute approximate surface area is 710 Å². The summed E-state index contributed by atoms with van der Waals surface area (Å²) in [5.41, 5.74) is 26.7. The third-order valence-corrected chi connectivity index (χ3v) is 18.7. The van der Waals surface area contributed by atoms with Gasteiger partial charge in [-0.2, -0.15) is 9.97 Å². The summed E-state index contributed by atoms with van der Waals surface area (Å²) < 4.78 is 27.7. The zero-order valence-electron chi connectivity index (χ0n) is 67.5. The van der Waals surface area contributed by atoms with Crippen LogP contribution in [0.25, 0.3) is 69.9 Å². The second-order valence-corrected chi connectivity index (χ2v) is 27.4. The van der Waals surface area contributed by atoms with Gasteiger partial charge in [0, 0.05) is 72.9 Å². The minimum absolute atomic E-state index is 0. The average Bonchev–Trinajstić information content (AvgIpc) is 1.64. The van der Waals surface area contributed by atoms with Crippen LogP contribution in [-0.2, 0) is 32.1 Å². The summed E-state index contributed by atoms with van der Waals surface area (Å²) in [6.45, 7) is 48.1. The molecule has 15 rings (SSSR count). The minimum atomic E-state index is -1.05. The number of aliphatic hydroxyl groups excluding tert-OH is 5. The third-order valence-electron chi connectivity index (χ3n) is 18.7. The molecule has 2 heterocycles. The SMILES string of the molecule is NC(=NO)c1cccc2c1CCC2O.NCCO.NO.[B].[C-]#[N+]c1cc(-c2nc(-c3cccc4c3CCC4NCCO)no2)ccc1OC(C)C.[C-]#[N+]c1cc(-c2nc(-c3cccc4c3CCC4O)no2)ccc1OC(C)C.[C-]#[N+]c1cc(C(=O)O)ccc1OC(C)C.[C-]#[N+]c1cccc2c1CCC2=O.[C-]#[N+]c1cccc2c1CCC2O.[H-].[Na+]. The number of hydrogen-bond donors (Lipinski definition) is 12. The van der Waals surface area contributed by atoms with Gasteiger partial charge in [0.25, 0.3) is 11.8 Å². The molecule has 5 aliphatic rings. The molecule has 0 saturated carbocycles. The number of amidine groups is 1. The van der Waals surface area contributed by atoms with E-state index in [2.05, 4.69) is 66.9 Å². The Balaban J connectivity index is 0.000000259. The number of nitrogens with two attached hydrogens (primary N) is 3. The molecule has 0 spiro atoms. The van der Waals surface area contributed by atoms with Crippen molar-refractivity contribution in [2.45, 2.75) is 148 Å². The van der Waals surface area contributed by atoms with Crippen LogP contribution in [0.4, 0.5) is 28.4 Å². The smallest absolute Gasteiger partial charge is 1.00 e. The standard InChI is InChI=1S/C23H24N4O3.C21H19N3O3.C11H11NO3.C10H12N2O2.C10H9NO.C10H7NO.C2H7NO.B.H3NO.Na.H/c1-14(2)29-21-10-7-15(13-20(21)24-3)23-26-22(27-30-23)18-6-4-5-17-16(18)8-9-19(17)25-11-12-28;1-12(2)26-19-10-7-13(11-17(19)22-3)21-23-20(24-27-21)16-6-4-5-15-14(16)8-9-18(15)25;1-7(2)15-10-5-4-8(11(13)14)6-9(10)12-3;11-10(12-14)8-3-1-2-7-6(8)4-5-9(7)13;2*1-11-9-4-2-3-8-7(9)5-6-10(8)12;3-1-2-4;;1-2;;/h4-7,10,13-14,19,25,28H,8-9,11-12H2,1-2H3;4-7,10-12,18,25H,8-9H2,1-2H3;4-7H,1-2H3,(H,13,14);1-3,9,13-14H,4-5H2,(H2,11,12);2-4,10,12H,5-6H2;2-4H,5-6H2;4H,1-3H2;;2H,1H2;;/q;;;;;;;;;+1;-1. The third kappa shape index (κ3) is 24.3. The van der Waals surface area contributed by atoms with Crippen LogP contribution >= 0.6 is 0 Å². The van der Waals surface area contributed by atoms with E-state index in [1.807, 2.05) is 108 Å². The van der Waals surface area contributed by atoms with Crippen LogP contribution in [0.2, 0.25) is 0 Å². The molecular weight excluding hydrogens is 1510 g/mol. The van der Waals surface area contributed by atoms with Gasteiger partial charge in [-0.3, -0.25) is 4.79 Å². The van der Waals surface area contributed by atoms with E-state index in [1.54, 1.807) is 54.6 Å². The number of carbonyl (C=O) groups excluding carboxylic acids is 1. The Morgan fingerprint density at radius 3 is 1.40 bits per heavy atom. The number of carboxylic acid groups (broad SMARTS) is 1. The van der Waals surface area contributed by atoms with Crippen LogP contribution in [0.1, 0.15) is 176 Å². The Hall–Kier alpha value is -12.0. The van der Waals surface area contributed by atoms with Crippen molar-refractivity contribution in [3.63, 3.8) is 0 Å². The van der Waals surface area contributed by atoms with Gasteiger partial charge in [-0.05, 0) is 204 Å². The van der Waals surface area contributed by atoms with Crippen molar-refractivity contribution in [1.82, 2.24) is 25.6 Å². The molecule has 0 saturated heterocycles. The molecule has 10 aromatic rings. The van der Waals surface area contributed by atoms with Gasteiger partial charge in [0.05, 0.1) is 82.7 Å². The maximum absolute atomic E-state index is 11.2. The molecule has 15 N–H and O–H groups in total. The first-order valence-corrected chi connectivity index (χ1v) is 37.3. The molecule has 0 fully saturated rings. The molecule has 605 valence electrons. The normalized spacial score (nSPS) is 14.9. The fourth-order valence-corrected chi connectivity index (χ4v) is 13.6. The van der Waals surface area contributed by atoms with Crippen molar-refractivity contribution in [2.75, 3.05) is 26.3 Å². The van der Waals surface area contributed by atoms with Crippen LogP contribution in [-0.4, -0.2) is 132 Å². The Morgan fingerprint density at radius 2 is 0.932 bits per heavy atom. The van der Waals surface area contributed by atoms with E-state index in [9.17, 15) is 24.9 Å². The first-order chi connectivity index (χ1) is 56.0. The predicted molar refractivity (Wildman–Crippen MR) is 442 cm³/mol. The van der Waals surface area contributed by atoms with E-state index >= 15 is 0 Å². The number of aromatic nitrogens is 4. The first-order valence-electron chi connectivity index (χ1n) is 37.3. The van der Waals surface area contributed by atoms with Gasteiger partial charge < -0.3 is 82.5 Å². The van der Waals surface area contributed by atoms with Crippen LogP contribution in [0.3, 0.4) is 0 Å². The topological polar surface area (TPSA) is 426 Å². The van der Waals surface area contributed by atoms with Gasteiger partial charge in [0.15, 0.2) is 23.0 Å². The van der Waals surface area contributed by atoms with E-state index in [1.165, 1.54) is 29.3 Å². The molecule has 5 aliphatic carbocycles. The van der Waals surface area contributed by atoms with Crippen LogP contribution < -0.4 is 66.4 Å². The molecule has 0 bridgehead atoms. The zero-order valence-corrected chi connectivity index (χ0v) is 68.5. The zero-order chi connectivity index (χ0) is 84.1. The number of nitrogens with one attached hydrogen (secondary N) is 1. The molecular formula is C87H93BN14NaO15. The maximum Gasteiger partial charge on any atom is 1.00 e. The summed E-state index contributed by atoms with van der Waals surface area (Å²) in [4.78, 5) is 48.1. The van der Waals surface area contributed by atoms with Crippen molar-refractivity contribution in [2.24, 2.45) is 22.5 Å². The summed E-state index contributed by atoms with van der Waals surface area (Å²) in [6.07, 6.45) is 6.57.